The van der Waals surface area contributed by atoms with Crippen LogP contribution in [0.2, 0.25) is 0 Å². The fourth-order valence-electron chi connectivity index (χ4n) is 0.651. The van der Waals surface area contributed by atoms with E-state index in [2.05, 4.69) is 0 Å². The second kappa shape index (κ2) is 5.12. The van der Waals surface area contributed by atoms with Crippen molar-refractivity contribution in [1.82, 2.24) is 0 Å². The summed E-state index contributed by atoms with van der Waals surface area (Å²) in [7, 11) is 0. The number of alkyl halides is 8. The topological polar surface area (TPSA) is 80.3 Å². The van der Waals surface area contributed by atoms with Crippen LogP contribution in [0.1, 0.15) is 0 Å². The minimum atomic E-state index is -7.22. The molecular formula is C6CuF8O4. The maximum Gasteiger partial charge on any atom is 2.00 e. The third kappa shape index (κ3) is 2.61. The molecule has 0 saturated heterocycles. The third-order valence-corrected chi connectivity index (χ3v) is 1.70. The maximum atomic E-state index is 12.4. The molecule has 0 atom stereocenters. The molecule has 13 heteroatoms. The van der Waals surface area contributed by atoms with Gasteiger partial charge >= 0.3 is 40.8 Å². The molecule has 0 amide bonds. The number of carbonyl (C=O) groups excluding carboxylic acids is 2. The molecule has 0 aliphatic rings. The zero-order valence-electron chi connectivity index (χ0n) is 7.96. The van der Waals surface area contributed by atoms with E-state index in [0.29, 0.717) is 0 Å². The zero-order chi connectivity index (χ0) is 15.2. The number of hydrogen-bond donors (Lipinski definition) is 0. The number of carboxylic acid groups (broad SMARTS) is 2. The van der Waals surface area contributed by atoms with Gasteiger partial charge in [-0.15, -0.1) is 0 Å². The van der Waals surface area contributed by atoms with Gasteiger partial charge in [0, 0.05) is 0 Å². The van der Waals surface area contributed by atoms with Gasteiger partial charge in [-0.25, -0.2) is 0 Å². The Balaban J connectivity index is 0. The van der Waals surface area contributed by atoms with Crippen molar-refractivity contribution in [3.8, 4) is 0 Å². The van der Waals surface area contributed by atoms with Crippen LogP contribution in [0.5, 0.6) is 0 Å². The van der Waals surface area contributed by atoms with Crippen LogP contribution in [-0.4, -0.2) is 35.6 Å². The summed E-state index contributed by atoms with van der Waals surface area (Å²) in [6.45, 7) is 0. The van der Waals surface area contributed by atoms with Crippen LogP contribution in [0.15, 0.2) is 0 Å². The van der Waals surface area contributed by atoms with Crippen molar-refractivity contribution in [2.24, 2.45) is 0 Å². The maximum absolute atomic E-state index is 12.4. The SMILES string of the molecule is O=C([O-])C(F)(F)C(F)(F)C(F)(F)C(F)(F)C(=O)[O-].[Cu+2]. The van der Waals surface area contributed by atoms with Gasteiger partial charge in [0.25, 0.3) is 0 Å². The minimum absolute atomic E-state index is 0. The largest absolute Gasteiger partial charge is 2.00 e. The van der Waals surface area contributed by atoms with E-state index < -0.39 is 35.6 Å². The Labute approximate surface area is 108 Å². The monoisotopic (exact) mass is 351 g/mol. The van der Waals surface area contributed by atoms with Gasteiger partial charge < -0.3 is 19.8 Å². The average Bonchev–Trinajstić information content (AvgIpc) is 2.15. The summed E-state index contributed by atoms with van der Waals surface area (Å²) in [6, 6.07) is 0. The second-order valence-electron chi connectivity index (χ2n) is 2.87. The van der Waals surface area contributed by atoms with Crippen molar-refractivity contribution >= 4 is 11.9 Å². The zero-order valence-corrected chi connectivity index (χ0v) is 8.90. The van der Waals surface area contributed by atoms with E-state index in [-0.39, 0.29) is 17.1 Å². The van der Waals surface area contributed by atoms with Crippen molar-refractivity contribution in [2.45, 2.75) is 23.7 Å². The first-order valence-corrected chi connectivity index (χ1v) is 3.58. The summed E-state index contributed by atoms with van der Waals surface area (Å²) in [5.74, 6) is -36.1. The second-order valence-corrected chi connectivity index (χ2v) is 2.87. The Hall–Kier alpha value is -1.10. The molecule has 0 saturated carbocycles. The third-order valence-electron chi connectivity index (χ3n) is 1.70. The number of carboxylic acids is 2. The molecule has 0 heterocycles. The Morgan fingerprint density at radius 3 is 0.895 bits per heavy atom. The minimum Gasteiger partial charge on any atom is -0.544 e. The average molecular weight is 352 g/mol. The first-order chi connectivity index (χ1) is 7.64. The molecule has 0 aromatic rings. The van der Waals surface area contributed by atoms with E-state index in [9.17, 15) is 54.9 Å². The van der Waals surface area contributed by atoms with Gasteiger partial charge in [-0.2, -0.15) is 35.1 Å². The van der Waals surface area contributed by atoms with Crippen LogP contribution < -0.4 is 10.2 Å². The quantitative estimate of drug-likeness (QED) is 0.471. The van der Waals surface area contributed by atoms with Crippen LogP contribution in [0.25, 0.3) is 0 Å². The Bertz CT molecular complexity index is 345. The fraction of sp³-hybridized carbons (Fsp3) is 0.667. The first kappa shape index (κ1) is 20.2. The van der Waals surface area contributed by atoms with Crippen LogP contribution in [0.4, 0.5) is 35.1 Å². The molecule has 0 aromatic heterocycles. The predicted molar refractivity (Wildman–Crippen MR) is 29.8 cm³/mol. The van der Waals surface area contributed by atoms with E-state index in [1.165, 1.54) is 0 Å². The summed E-state index contributed by atoms with van der Waals surface area (Å²) in [5.41, 5.74) is 0. The van der Waals surface area contributed by atoms with Gasteiger partial charge in [0.15, 0.2) is 0 Å². The summed E-state index contributed by atoms with van der Waals surface area (Å²) in [6.07, 6.45) is 0. The summed E-state index contributed by atoms with van der Waals surface area (Å²) < 4.78 is 98.3. The van der Waals surface area contributed by atoms with Crippen molar-refractivity contribution in [1.29, 1.82) is 0 Å². The van der Waals surface area contributed by atoms with Gasteiger partial charge in [-0.3, -0.25) is 0 Å². The molecule has 0 unspecified atom stereocenters. The van der Waals surface area contributed by atoms with Crippen LogP contribution >= 0.6 is 0 Å². The molecule has 0 fully saturated rings. The first-order valence-electron chi connectivity index (χ1n) is 3.58. The van der Waals surface area contributed by atoms with E-state index in [1.54, 1.807) is 0 Å². The molecule has 0 aliphatic carbocycles. The Morgan fingerprint density at radius 2 is 0.789 bits per heavy atom. The molecule has 1 radical (unpaired) electrons. The molecule has 0 N–H and O–H groups in total. The van der Waals surface area contributed by atoms with Crippen molar-refractivity contribution < 1.29 is 72.0 Å². The molecule has 4 nitrogen and oxygen atoms in total. The molecule has 19 heavy (non-hydrogen) atoms. The molecule has 0 aliphatic heterocycles. The molecule has 0 bridgehead atoms. The van der Waals surface area contributed by atoms with Crippen molar-refractivity contribution in [2.75, 3.05) is 0 Å². The standard InChI is InChI=1S/C6H2F8O4.Cu/c7-3(8,1(15)16)5(11,12)6(13,14)4(9,10)2(17)18;/h(H,15,16)(H,17,18);/q;+2/p-2. The molecule has 0 spiro atoms. The molecule has 0 aromatic carbocycles. The van der Waals surface area contributed by atoms with E-state index in [4.69, 9.17) is 0 Å². The van der Waals surface area contributed by atoms with Crippen LogP contribution in [0, 0.1) is 0 Å². The molecule has 0 rings (SSSR count). The number of aliphatic carboxylic acids is 2. The summed E-state index contributed by atoms with van der Waals surface area (Å²) >= 11 is 0. The predicted octanol–water partition coefficient (Wildman–Crippen LogP) is -0.975. The smallest absolute Gasteiger partial charge is 0.544 e. The van der Waals surface area contributed by atoms with E-state index in [0.717, 1.165) is 0 Å². The molecular weight excluding hydrogens is 352 g/mol. The summed E-state index contributed by atoms with van der Waals surface area (Å²) in [5, 5.41) is 19.1. The number of hydrogen-bond acceptors (Lipinski definition) is 4. The van der Waals surface area contributed by atoms with Gasteiger partial charge in [-0.1, -0.05) is 0 Å². The number of rotatable bonds is 5. The van der Waals surface area contributed by atoms with E-state index >= 15 is 0 Å². The Morgan fingerprint density at radius 1 is 0.632 bits per heavy atom. The van der Waals surface area contributed by atoms with Crippen molar-refractivity contribution in [3.63, 3.8) is 0 Å². The van der Waals surface area contributed by atoms with Gasteiger partial charge in [0.2, 0.25) is 0 Å². The van der Waals surface area contributed by atoms with Gasteiger partial charge in [0.1, 0.15) is 11.9 Å². The Kier molecular flexibility index (Phi) is 5.44. The fourth-order valence-corrected chi connectivity index (χ4v) is 0.651. The molecule has 115 valence electrons. The van der Waals surface area contributed by atoms with Crippen LogP contribution in [0.3, 0.4) is 0 Å². The van der Waals surface area contributed by atoms with Crippen molar-refractivity contribution in [3.05, 3.63) is 0 Å². The normalized spacial score (nSPS) is 13.7. The van der Waals surface area contributed by atoms with E-state index in [1.807, 2.05) is 0 Å². The number of carbonyl (C=O) groups is 2. The van der Waals surface area contributed by atoms with Gasteiger partial charge in [-0.05, 0) is 0 Å². The van der Waals surface area contributed by atoms with Gasteiger partial charge in [0.05, 0.1) is 0 Å². The van der Waals surface area contributed by atoms with Crippen LogP contribution in [-0.2, 0) is 26.7 Å². The summed E-state index contributed by atoms with van der Waals surface area (Å²) in [4.78, 5) is 19.1. The number of halogens is 8.